The van der Waals surface area contributed by atoms with Crippen molar-refractivity contribution in [3.63, 3.8) is 0 Å². The average Bonchev–Trinajstić information content (AvgIpc) is 2.79. The van der Waals surface area contributed by atoms with Crippen molar-refractivity contribution < 1.29 is 0 Å². The predicted molar refractivity (Wildman–Crippen MR) is 135 cm³/mol. The Morgan fingerprint density at radius 3 is 2.61 bits per heavy atom. The zero-order valence-electron chi connectivity index (χ0n) is 17.7. The van der Waals surface area contributed by atoms with E-state index in [2.05, 4.69) is 44.6 Å². The third kappa shape index (κ3) is 6.34. The van der Waals surface area contributed by atoms with Gasteiger partial charge in [-0.05, 0) is 62.6 Å². The molecule has 2 heterocycles. The summed E-state index contributed by atoms with van der Waals surface area (Å²) in [5.41, 5.74) is 4.95. The quantitative estimate of drug-likeness (QED) is 0.232. The number of dihydropyridines is 1. The molecule has 0 amide bonds. The fourth-order valence-electron chi connectivity index (χ4n) is 3.18. The molecule has 3 rings (SSSR count). The number of nitrogens with one attached hydrogen (secondary N) is 3. The second-order valence-electron chi connectivity index (χ2n) is 7.34. The van der Waals surface area contributed by atoms with Gasteiger partial charge in [-0.1, -0.05) is 34.2 Å². The van der Waals surface area contributed by atoms with E-state index in [-0.39, 0.29) is 0 Å². The number of nitriles is 1. The van der Waals surface area contributed by atoms with Crippen molar-refractivity contribution in [1.82, 2.24) is 20.6 Å². The summed E-state index contributed by atoms with van der Waals surface area (Å²) >= 11 is 8.50. The second kappa shape index (κ2) is 11.3. The number of nitrogens with zero attached hydrogens (tertiary/aromatic N) is 3. The molecule has 0 saturated heterocycles. The van der Waals surface area contributed by atoms with Crippen LogP contribution < -0.4 is 16.0 Å². The van der Waals surface area contributed by atoms with Gasteiger partial charge in [0, 0.05) is 44.9 Å². The Labute approximate surface area is 202 Å². The molecule has 162 valence electrons. The minimum atomic E-state index is 0.582. The number of aromatic nitrogens is 2. The highest BCUT2D eigenvalue weighted by atomic mass is 127. The molecule has 8 heteroatoms. The number of benzene rings is 1. The SMILES string of the molecule is Cc1nc(-c2ccc(Cl)cc2CI)nc(NCCCCNC2=CC=C(C#N)CN2)c1C. The topological polar surface area (TPSA) is 85.7 Å². The summed E-state index contributed by atoms with van der Waals surface area (Å²) in [6.07, 6.45) is 5.79. The standard InChI is InChI=1S/C23H26ClIN6/c1-15-16(2)30-23(20-7-6-19(24)11-18(20)12-25)31-22(15)28-10-4-3-9-27-21-8-5-17(13-26)14-29-21/h5-8,11,27,29H,3-4,9-10,12,14H2,1-2H3,(H,28,30,31). The average molecular weight is 549 g/mol. The smallest absolute Gasteiger partial charge is 0.162 e. The van der Waals surface area contributed by atoms with Gasteiger partial charge in [-0.3, -0.25) is 0 Å². The highest BCUT2D eigenvalue weighted by Crippen LogP contribution is 2.28. The molecule has 0 unspecified atom stereocenters. The van der Waals surface area contributed by atoms with Crippen LogP contribution in [0.1, 0.15) is 29.7 Å². The Balaban J connectivity index is 1.56. The van der Waals surface area contributed by atoms with Gasteiger partial charge in [-0.25, -0.2) is 9.97 Å². The number of hydrogen-bond donors (Lipinski definition) is 3. The summed E-state index contributed by atoms with van der Waals surface area (Å²) in [5.74, 6) is 2.58. The van der Waals surface area contributed by atoms with Gasteiger partial charge in [-0.2, -0.15) is 5.26 Å². The van der Waals surface area contributed by atoms with Gasteiger partial charge in [0.2, 0.25) is 0 Å². The van der Waals surface area contributed by atoms with Gasteiger partial charge < -0.3 is 16.0 Å². The lowest BCUT2D eigenvalue weighted by molar-refractivity contribution is 0.650. The van der Waals surface area contributed by atoms with E-state index < -0.39 is 0 Å². The van der Waals surface area contributed by atoms with Crippen LogP contribution in [0.3, 0.4) is 0 Å². The summed E-state index contributed by atoms with van der Waals surface area (Å²) in [6, 6.07) is 8.02. The minimum Gasteiger partial charge on any atom is -0.372 e. The van der Waals surface area contributed by atoms with Crippen molar-refractivity contribution in [1.29, 1.82) is 5.26 Å². The second-order valence-corrected chi connectivity index (χ2v) is 8.54. The zero-order valence-corrected chi connectivity index (χ0v) is 20.6. The van der Waals surface area contributed by atoms with Crippen LogP contribution in [0, 0.1) is 25.2 Å². The Kier molecular flexibility index (Phi) is 8.55. The molecule has 0 spiro atoms. The van der Waals surface area contributed by atoms with Crippen LogP contribution >= 0.6 is 34.2 Å². The molecule has 0 saturated carbocycles. The first-order chi connectivity index (χ1) is 15.0. The summed E-state index contributed by atoms with van der Waals surface area (Å²) in [7, 11) is 0. The van der Waals surface area contributed by atoms with Gasteiger partial charge in [0.05, 0.1) is 18.4 Å². The Hall–Kier alpha value is -2.31. The lowest BCUT2D eigenvalue weighted by atomic mass is 10.1. The van der Waals surface area contributed by atoms with Crippen molar-refractivity contribution >= 4 is 40.0 Å². The highest BCUT2D eigenvalue weighted by Gasteiger charge is 2.13. The van der Waals surface area contributed by atoms with Crippen molar-refractivity contribution in [3.8, 4) is 17.5 Å². The number of halogens is 2. The molecule has 0 atom stereocenters. The number of alkyl halides is 1. The van der Waals surface area contributed by atoms with Crippen LogP contribution in [0.4, 0.5) is 5.82 Å². The number of rotatable bonds is 9. The van der Waals surface area contributed by atoms with Crippen LogP contribution in [0.15, 0.2) is 41.7 Å². The Bertz CT molecular complexity index is 1040. The summed E-state index contributed by atoms with van der Waals surface area (Å²) in [5, 5.41) is 19.6. The molecular formula is C23H26ClIN6. The van der Waals surface area contributed by atoms with Crippen molar-refractivity contribution in [3.05, 3.63) is 63.6 Å². The molecule has 6 nitrogen and oxygen atoms in total. The van der Waals surface area contributed by atoms with Gasteiger partial charge in [-0.15, -0.1) is 0 Å². The molecule has 1 aliphatic rings. The third-order valence-corrected chi connectivity index (χ3v) is 6.17. The lowest BCUT2D eigenvalue weighted by Gasteiger charge is -2.16. The number of unbranched alkanes of at least 4 members (excludes halogenated alkanes) is 1. The molecule has 31 heavy (non-hydrogen) atoms. The largest absolute Gasteiger partial charge is 0.372 e. The molecule has 3 N–H and O–H groups in total. The Morgan fingerprint density at radius 2 is 1.94 bits per heavy atom. The van der Waals surface area contributed by atoms with Crippen LogP contribution in [0.25, 0.3) is 11.4 Å². The van der Waals surface area contributed by atoms with Crippen LogP contribution in [0.5, 0.6) is 0 Å². The first-order valence-corrected chi connectivity index (χ1v) is 12.1. The summed E-state index contributed by atoms with van der Waals surface area (Å²) in [4.78, 5) is 9.53. The number of hydrogen-bond acceptors (Lipinski definition) is 6. The first kappa shape index (κ1) is 23.4. The fraction of sp³-hybridized carbons (Fsp3) is 0.348. The highest BCUT2D eigenvalue weighted by molar-refractivity contribution is 14.1. The molecule has 1 aromatic carbocycles. The van der Waals surface area contributed by atoms with Gasteiger partial charge in [0.25, 0.3) is 0 Å². The third-order valence-electron chi connectivity index (χ3n) is 5.12. The van der Waals surface area contributed by atoms with Crippen molar-refractivity contribution in [2.45, 2.75) is 31.1 Å². The summed E-state index contributed by atoms with van der Waals surface area (Å²) in [6.45, 7) is 6.36. The molecular weight excluding hydrogens is 523 g/mol. The molecule has 1 aliphatic heterocycles. The van der Waals surface area contributed by atoms with Crippen LogP contribution in [-0.4, -0.2) is 29.6 Å². The normalized spacial score (nSPS) is 13.0. The van der Waals surface area contributed by atoms with Gasteiger partial charge in [0.1, 0.15) is 5.82 Å². The van der Waals surface area contributed by atoms with Gasteiger partial charge in [0.15, 0.2) is 5.82 Å². The van der Waals surface area contributed by atoms with Crippen LogP contribution in [0.2, 0.25) is 5.02 Å². The molecule has 0 fully saturated rings. The molecule has 2 aromatic rings. The van der Waals surface area contributed by atoms with Crippen LogP contribution in [-0.2, 0) is 4.43 Å². The van der Waals surface area contributed by atoms with E-state index >= 15 is 0 Å². The van der Waals surface area contributed by atoms with E-state index in [0.29, 0.717) is 6.54 Å². The number of allylic oxidation sites excluding steroid dienone is 2. The summed E-state index contributed by atoms with van der Waals surface area (Å²) < 4.78 is 0.846. The van der Waals surface area contributed by atoms with E-state index in [1.807, 2.05) is 44.2 Å². The molecule has 0 bridgehead atoms. The maximum atomic E-state index is 8.87. The zero-order chi connectivity index (χ0) is 22.2. The van der Waals surface area contributed by atoms with E-state index in [1.165, 1.54) is 0 Å². The molecule has 0 radical (unpaired) electrons. The Morgan fingerprint density at radius 1 is 1.16 bits per heavy atom. The molecule has 0 aliphatic carbocycles. The molecule has 1 aromatic heterocycles. The van der Waals surface area contributed by atoms with Gasteiger partial charge >= 0.3 is 0 Å². The van der Waals surface area contributed by atoms with Crippen molar-refractivity contribution in [2.24, 2.45) is 0 Å². The first-order valence-electron chi connectivity index (χ1n) is 10.2. The fourth-order valence-corrected chi connectivity index (χ4v) is 4.01. The van der Waals surface area contributed by atoms with E-state index in [9.17, 15) is 0 Å². The number of aryl methyl sites for hydroxylation is 1. The maximum absolute atomic E-state index is 8.87. The van der Waals surface area contributed by atoms with E-state index in [4.69, 9.17) is 26.8 Å². The number of anilines is 1. The van der Waals surface area contributed by atoms with Crippen molar-refractivity contribution in [2.75, 3.05) is 25.0 Å². The lowest BCUT2D eigenvalue weighted by Crippen LogP contribution is -2.30. The minimum absolute atomic E-state index is 0.582. The van der Waals surface area contributed by atoms with E-state index in [0.717, 1.165) is 80.8 Å². The maximum Gasteiger partial charge on any atom is 0.162 e. The predicted octanol–water partition coefficient (Wildman–Crippen LogP) is 5.03. The van der Waals surface area contributed by atoms with E-state index in [1.54, 1.807) is 0 Å². The monoisotopic (exact) mass is 548 g/mol.